The molecule has 0 saturated carbocycles. The number of hydrogen-bond donors (Lipinski definition) is 3. The average Bonchev–Trinajstić information content (AvgIpc) is 3.33. The predicted octanol–water partition coefficient (Wildman–Crippen LogP) is 3.68. The fraction of sp³-hybridized carbons (Fsp3) is 0.440. The normalized spacial score (nSPS) is 14.8. The Hall–Kier alpha value is -3.33. The van der Waals surface area contributed by atoms with Gasteiger partial charge in [0.15, 0.2) is 11.7 Å². The van der Waals surface area contributed by atoms with E-state index in [1.807, 2.05) is 6.07 Å². The molecule has 1 aromatic heterocycles. The summed E-state index contributed by atoms with van der Waals surface area (Å²) in [6.07, 6.45) is 4.84. The third kappa shape index (κ3) is 7.08. The molecule has 1 aliphatic heterocycles. The Morgan fingerprint density at radius 3 is 2.26 bits per heavy atom. The van der Waals surface area contributed by atoms with Gasteiger partial charge in [-0.25, -0.2) is 4.39 Å². The number of rotatable bonds is 5. The SMILES string of the molecule is CN(C)C(C)(C)C.CO/C(N)=C/C(=C\N)c1cc(O)c(-c2ccc(N3CCCC3)nn2)cc1F. The minimum atomic E-state index is -0.579. The third-order valence-corrected chi connectivity index (χ3v) is 5.81. The molecular weight excluding hydrogens is 435 g/mol. The van der Waals surface area contributed by atoms with Crippen molar-refractivity contribution in [3.63, 3.8) is 0 Å². The number of anilines is 1. The first-order valence-electron chi connectivity index (χ1n) is 11.2. The first-order chi connectivity index (χ1) is 16.0. The van der Waals surface area contributed by atoms with Crippen molar-refractivity contribution in [3.05, 3.63) is 53.8 Å². The van der Waals surface area contributed by atoms with Crippen molar-refractivity contribution < 1.29 is 14.2 Å². The lowest BCUT2D eigenvalue weighted by Gasteiger charge is -2.27. The number of methoxy groups -OCH3 is 1. The van der Waals surface area contributed by atoms with Gasteiger partial charge in [0.2, 0.25) is 0 Å². The summed E-state index contributed by atoms with van der Waals surface area (Å²) in [6.45, 7) is 8.47. The van der Waals surface area contributed by atoms with E-state index in [1.54, 1.807) is 6.07 Å². The van der Waals surface area contributed by atoms with Gasteiger partial charge >= 0.3 is 0 Å². The highest BCUT2D eigenvalue weighted by Crippen LogP contribution is 2.33. The number of benzene rings is 1. The van der Waals surface area contributed by atoms with Crippen molar-refractivity contribution in [3.8, 4) is 17.0 Å². The highest BCUT2D eigenvalue weighted by Gasteiger charge is 2.17. The summed E-state index contributed by atoms with van der Waals surface area (Å²) in [7, 11) is 5.56. The first kappa shape index (κ1) is 26.9. The second-order valence-electron chi connectivity index (χ2n) is 9.26. The van der Waals surface area contributed by atoms with Crippen LogP contribution in [-0.4, -0.2) is 60.0 Å². The fourth-order valence-corrected chi connectivity index (χ4v) is 3.00. The topological polar surface area (TPSA) is 114 Å². The molecule has 0 atom stereocenters. The number of ether oxygens (including phenoxy) is 1. The lowest BCUT2D eigenvalue weighted by atomic mass is 10.0. The smallest absolute Gasteiger partial charge is 0.184 e. The molecule has 0 aliphatic carbocycles. The van der Waals surface area contributed by atoms with Crippen LogP contribution in [0.1, 0.15) is 39.2 Å². The van der Waals surface area contributed by atoms with Crippen LogP contribution in [0.3, 0.4) is 0 Å². The molecule has 1 aromatic carbocycles. The molecule has 1 fully saturated rings. The Balaban J connectivity index is 0.000000509. The number of hydrogen-bond acceptors (Lipinski definition) is 8. The Kier molecular flexibility index (Phi) is 9.26. The zero-order valence-corrected chi connectivity index (χ0v) is 21.0. The Morgan fingerprint density at radius 1 is 1.18 bits per heavy atom. The van der Waals surface area contributed by atoms with E-state index in [0.29, 0.717) is 11.2 Å². The third-order valence-electron chi connectivity index (χ3n) is 5.81. The lowest BCUT2D eigenvalue weighted by Crippen LogP contribution is -2.34. The van der Waals surface area contributed by atoms with E-state index >= 15 is 0 Å². The summed E-state index contributed by atoms with van der Waals surface area (Å²) >= 11 is 0. The van der Waals surface area contributed by atoms with Crippen molar-refractivity contribution in [2.24, 2.45) is 11.5 Å². The molecule has 0 spiro atoms. The zero-order chi connectivity index (χ0) is 25.5. The molecule has 0 unspecified atom stereocenters. The molecule has 1 aliphatic rings. The Morgan fingerprint density at radius 2 is 1.79 bits per heavy atom. The lowest BCUT2D eigenvalue weighted by molar-refractivity contribution is 0.219. The van der Waals surface area contributed by atoms with E-state index in [2.05, 4.69) is 54.9 Å². The van der Waals surface area contributed by atoms with E-state index in [9.17, 15) is 9.50 Å². The molecule has 1 saturated heterocycles. The maximum absolute atomic E-state index is 14.7. The highest BCUT2D eigenvalue weighted by atomic mass is 19.1. The van der Waals surface area contributed by atoms with Crippen LogP contribution < -0.4 is 16.4 Å². The van der Waals surface area contributed by atoms with Crippen molar-refractivity contribution in [2.45, 2.75) is 39.2 Å². The minimum Gasteiger partial charge on any atom is -0.507 e. The first-order valence-corrected chi connectivity index (χ1v) is 11.2. The molecule has 2 heterocycles. The minimum absolute atomic E-state index is 0.0676. The van der Waals surface area contributed by atoms with Gasteiger partial charge in [0, 0.05) is 47.6 Å². The van der Waals surface area contributed by atoms with Gasteiger partial charge < -0.3 is 31.1 Å². The van der Waals surface area contributed by atoms with Gasteiger partial charge in [0.25, 0.3) is 0 Å². The number of allylic oxidation sites excluding steroid dienone is 2. The van der Waals surface area contributed by atoms with Gasteiger partial charge in [0.1, 0.15) is 11.6 Å². The Bertz CT molecular complexity index is 1010. The number of halogens is 1. The highest BCUT2D eigenvalue weighted by molar-refractivity contribution is 5.78. The molecule has 3 rings (SSSR count). The van der Waals surface area contributed by atoms with Crippen LogP contribution in [0, 0.1) is 5.82 Å². The summed E-state index contributed by atoms with van der Waals surface area (Å²) in [5, 5.41) is 18.7. The largest absolute Gasteiger partial charge is 0.507 e. The maximum atomic E-state index is 14.7. The second kappa shape index (κ2) is 11.7. The summed E-state index contributed by atoms with van der Waals surface area (Å²) in [5.74, 6) is 0.128. The van der Waals surface area contributed by atoms with E-state index in [1.165, 1.54) is 31.5 Å². The van der Waals surface area contributed by atoms with Crippen molar-refractivity contribution in [2.75, 3.05) is 39.2 Å². The van der Waals surface area contributed by atoms with Crippen molar-refractivity contribution in [1.82, 2.24) is 15.1 Å². The van der Waals surface area contributed by atoms with E-state index in [4.69, 9.17) is 16.2 Å². The molecule has 9 heteroatoms. The predicted molar refractivity (Wildman–Crippen MR) is 135 cm³/mol. The van der Waals surface area contributed by atoms with Crippen LogP contribution in [-0.2, 0) is 4.74 Å². The number of aromatic nitrogens is 2. The van der Waals surface area contributed by atoms with E-state index < -0.39 is 5.82 Å². The summed E-state index contributed by atoms with van der Waals surface area (Å²) < 4.78 is 19.5. The molecular formula is C25H37FN6O2. The summed E-state index contributed by atoms with van der Waals surface area (Å²) in [4.78, 5) is 4.33. The molecule has 0 amide bonds. The van der Waals surface area contributed by atoms with E-state index in [-0.39, 0.29) is 28.3 Å². The monoisotopic (exact) mass is 472 g/mol. The van der Waals surface area contributed by atoms with Crippen LogP contribution in [0.2, 0.25) is 0 Å². The van der Waals surface area contributed by atoms with Crippen molar-refractivity contribution in [1.29, 1.82) is 0 Å². The zero-order valence-electron chi connectivity index (χ0n) is 21.0. The molecule has 34 heavy (non-hydrogen) atoms. The number of phenolic OH excluding ortho intramolecular Hbond substituents is 1. The number of nitrogens with two attached hydrogens (primary N) is 2. The van der Waals surface area contributed by atoms with E-state index in [0.717, 1.165) is 31.7 Å². The molecule has 5 N–H and O–H groups in total. The number of aromatic hydroxyl groups is 1. The summed E-state index contributed by atoms with van der Waals surface area (Å²) in [6, 6.07) is 6.02. The molecule has 186 valence electrons. The molecule has 0 radical (unpaired) electrons. The molecule has 0 bridgehead atoms. The van der Waals surface area contributed by atoms with Crippen LogP contribution in [0.15, 0.2) is 42.4 Å². The summed E-state index contributed by atoms with van der Waals surface area (Å²) in [5.41, 5.74) is 12.5. The van der Waals surface area contributed by atoms with Gasteiger partial charge in [-0.1, -0.05) is 0 Å². The van der Waals surface area contributed by atoms with Crippen LogP contribution in [0.5, 0.6) is 5.75 Å². The van der Waals surface area contributed by atoms with Gasteiger partial charge in [0.05, 0.1) is 12.8 Å². The van der Waals surface area contributed by atoms with Crippen LogP contribution >= 0.6 is 0 Å². The van der Waals surface area contributed by atoms with Crippen LogP contribution in [0.25, 0.3) is 16.8 Å². The van der Waals surface area contributed by atoms with Gasteiger partial charge in [-0.15, -0.1) is 10.2 Å². The van der Waals surface area contributed by atoms with Gasteiger partial charge in [-0.2, -0.15) is 0 Å². The fourth-order valence-electron chi connectivity index (χ4n) is 3.00. The molecule has 2 aromatic rings. The molecule has 8 nitrogen and oxygen atoms in total. The average molecular weight is 473 g/mol. The van der Waals surface area contributed by atoms with Gasteiger partial charge in [-0.05, 0) is 72.0 Å². The van der Waals surface area contributed by atoms with Crippen molar-refractivity contribution >= 4 is 11.4 Å². The Labute approximate surface area is 201 Å². The van der Waals surface area contributed by atoms with Gasteiger partial charge in [-0.3, -0.25) is 0 Å². The number of nitrogens with zero attached hydrogens (tertiary/aromatic N) is 4. The maximum Gasteiger partial charge on any atom is 0.184 e. The van der Waals surface area contributed by atoms with Crippen LogP contribution in [0.4, 0.5) is 10.2 Å². The quantitative estimate of drug-likeness (QED) is 0.446. The number of phenols is 1. The second-order valence-corrected chi connectivity index (χ2v) is 9.26. The standard InChI is InChI=1S/C19H22FN5O2.C6H15N/c1-27-18(22)8-12(11-21)13-10-17(26)14(9-15(13)20)16-4-5-19(24-23-16)25-6-2-3-7-25;1-6(2,3)7(4)5/h4-5,8-11,26H,2-3,6-7,21-22H2,1H3;1-5H3/b12-11+,18-8+;.